The molecule has 1 aromatic carbocycles. The van der Waals surface area contributed by atoms with Gasteiger partial charge in [0.15, 0.2) is 11.5 Å². The van der Waals surface area contributed by atoms with Gasteiger partial charge in [-0.2, -0.15) is 0 Å². The van der Waals surface area contributed by atoms with E-state index in [2.05, 4.69) is 10.6 Å². The number of piperidine rings is 1. The summed E-state index contributed by atoms with van der Waals surface area (Å²) in [4.78, 5) is 12.3. The number of carbonyl (C=O) groups excluding carboxylic acids is 1. The third kappa shape index (κ3) is 4.33. The highest BCUT2D eigenvalue weighted by Gasteiger charge is 2.34. The van der Waals surface area contributed by atoms with Gasteiger partial charge < -0.3 is 20.1 Å². The average Bonchev–Trinajstić information content (AvgIpc) is 2.91. The van der Waals surface area contributed by atoms with Gasteiger partial charge in [0.2, 0.25) is 5.91 Å². The molecule has 2 N–H and O–H groups in total. The molecule has 6 heteroatoms. The van der Waals surface area contributed by atoms with E-state index in [4.69, 9.17) is 9.47 Å². The number of carbonyl (C=O) groups is 1. The van der Waals surface area contributed by atoms with E-state index in [1.54, 1.807) is 14.2 Å². The Balaban J connectivity index is 0.00000208. The number of methoxy groups -OCH3 is 2. The van der Waals surface area contributed by atoms with Crippen molar-refractivity contribution >= 4 is 18.3 Å². The Hall–Kier alpha value is -1.46. The van der Waals surface area contributed by atoms with Gasteiger partial charge in [-0.15, -0.1) is 12.4 Å². The smallest absolute Gasteiger partial charge is 0.220 e. The third-order valence-corrected chi connectivity index (χ3v) is 5.01. The van der Waals surface area contributed by atoms with Gasteiger partial charge in [0.05, 0.1) is 14.2 Å². The fourth-order valence-corrected chi connectivity index (χ4v) is 3.96. The van der Waals surface area contributed by atoms with E-state index < -0.39 is 0 Å². The summed E-state index contributed by atoms with van der Waals surface area (Å²) in [5, 5.41) is 6.64. The molecule has 2 heterocycles. The Labute approximate surface area is 149 Å². The number of nitrogens with one attached hydrogen (secondary N) is 2. The van der Waals surface area contributed by atoms with Crippen LogP contribution in [0.1, 0.15) is 37.7 Å². The summed E-state index contributed by atoms with van der Waals surface area (Å²) in [6, 6.07) is 6.98. The number of fused-ring (bicyclic) bond motifs is 2. The van der Waals surface area contributed by atoms with Crippen LogP contribution in [0.3, 0.4) is 0 Å². The van der Waals surface area contributed by atoms with Crippen molar-refractivity contribution in [2.24, 2.45) is 5.92 Å². The van der Waals surface area contributed by atoms with Crippen LogP contribution in [0.5, 0.6) is 11.5 Å². The van der Waals surface area contributed by atoms with Crippen molar-refractivity contribution in [1.82, 2.24) is 10.6 Å². The molecule has 2 aliphatic rings. The fourth-order valence-electron chi connectivity index (χ4n) is 3.96. The van der Waals surface area contributed by atoms with E-state index in [0.717, 1.165) is 18.4 Å². The molecule has 5 nitrogen and oxygen atoms in total. The molecule has 2 aliphatic heterocycles. The van der Waals surface area contributed by atoms with Crippen LogP contribution in [0, 0.1) is 5.92 Å². The number of amides is 1. The van der Waals surface area contributed by atoms with E-state index in [9.17, 15) is 4.79 Å². The molecule has 2 fully saturated rings. The Morgan fingerprint density at radius 1 is 1.21 bits per heavy atom. The maximum atomic E-state index is 12.3. The molecule has 2 bridgehead atoms. The number of hydrogen-bond donors (Lipinski definition) is 2. The van der Waals surface area contributed by atoms with Crippen molar-refractivity contribution in [1.29, 1.82) is 0 Å². The van der Waals surface area contributed by atoms with Crippen molar-refractivity contribution in [3.8, 4) is 11.5 Å². The highest BCUT2D eigenvalue weighted by atomic mass is 35.5. The second-order valence-corrected chi connectivity index (χ2v) is 6.61. The minimum Gasteiger partial charge on any atom is -0.493 e. The van der Waals surface area contributed by atoms with Gasteiger partial charge in [0, 0.05) is 30.6 Å². The van der Waals surface area contributed by atoms with Crippen LogP contribution in [0.25, 0.3) is 0 Å². The summed E-state index contributed by atoms with van der Waals surface area (Å²) in [6.07, 6.45) is 5.42. The molecule has 0 aromatic heterocycles. The van der Waals surface area contributed by atoms with Crippen molar-refractivity contribution in [3.63, 3.8) is 0 Å². The Bertz CT molecular complexity index is 555. The van der Waals surface area contributed by atoms with Crippen LogP contribution in [0.2, 0.25) is 0 Å². The lowest BCUT2D eigenvalue weighted by molar-refractivity contribution is -0.122. The lowest BCUT2D eigenvalue weighted by Gasteiger charge is -2.28. The minimum atomic E-state index is 0. The van der Waals surface area contributed by atoms with Crippen molar-refractivity contribution in [3.05, 3.63) is 23.8 Å². The summed E-state index contributed by atoms with van der Waals surface area (Å²) in [5.41, 5.74) is 0.936. The number of para-hydroxylation sites is 1. The maximum Gasteiger partial charge on any atom is 0.220 e. The summed E-state index contributed by atoms with van der Waals surface area (Å²) in [6.45, 7) is 0.469. The molecule has 2 saturated heterocycles. The molecule has 1 amide bonds. The molecule has 24 heavy (non-hydrogen) atoms. The lowest BCUT2D eigenvalue weighted by atomic mass is 9.89. The summed E-state index contributed by atoms with van der Waals surface area (Å²) >= 11 is 0. The molecule has 2 unspecified atom stereocenters. The highest BCUT2D eigenvalue weighted by Crippen LogP contribution is 2.33. The van der Waals surface area contributed by atoms with Crippen LogP contribution in [0.15, 0.2) is 18.2 Å². The largest absolute Gasteiger partial charge is 0.493 e. The second kappa shape index (κ2) is 8.58. The van der Waals surface area contributed by atoms with E-state index in [0.29, 0.717) is 42.5 Å². The van der Waals surface area contributed by atoms with Crippen LogP contribution >= 0.6 is 12.4 Å². The minimum absolute atomic E-state index is 0. The molecule has 0 radical (unpaired) electrons. The van der Waals surface area contributed by atoms with Gasteiger partial charge in [-0.05, 0) is 37.7 Å². The predicted octanol–water partition coefficient (Wildman–Crippen LogP) is 2.66. The van der Waals surface area contributed by atoms with Gasteiger partial charge >= 0.3 is 0 Å². The first-order valence-electron chi connectivity index (χ1n) is 8.42. The zero-order valence-electron chi connectivity index (χ0n) is 14.3. The Morgan fingerprint density at radius 2 is 1.92 bits per heavy atom. The zero-order valence-corrected chi connectivity index (χ0v) is 15.2. The van der Waals surface area contributed by atoms with Gasteiger partial charge in [-0.1, -0.05) is 12.1 Å². The van der Waals surface area contributed by atoms with Crippen LogP contribution in [-0.2, 0) is 11.3 Å². The lowest BCUT2D eigenvalue weighted by Crippen LogP contribution is -2.39. The first-order chi connectivity index (χ1) is 11.2. The molecule has 134 valence electrons. The van der Waals surface area contributed by atoms with Gasteiger partial charge in [0.25, 0.3) is 0 Å². The molecular weight excluding hydrogens is 328 g/mol. The first-order valence-corrected chi connectivity index (χ1v) is 8.42. The number of benzene rings is 1. The highest BCUT2D eigenvalue weighted by molar-refractivity contribution is 5.85. The summed E-state index contributed by atoms with van der Waals surface area (Å²) in [5.74, 6) is 2.02. The molecular formula is C18H27ClN2O3. The Kier molecular flexibility index (Phi) is 6.75. The van der Waals surface area contributed by atoms with E-state index in [1.807, 2.05) is 18.2 Å². The standard InChI is InChI=1S/C18H26N2O3.ClH/c1-22-16-5-3-4-13(18(16)23-2)11-19-17(21)10-12-8-14-6-7-15(9-12)20-14;/h3-5,12,14-15,20H,6-11H2,1-2H3,(H,19,21);1H. The quantitative estimate of drug-likeness (QED) is 0.824. The van der Waals surface area contributed by atoms with E-state index in [-0.39, 0.29) is 18.3 Å². The van der Waals surface area contributed by atoms with Gasteiger partial charge in [0.1, 0.15) is 0 Å². The molecule has 0 aliphatic carbocycles. The van der Waals surface area contributed by atoms with Gasteiger partial charge in [-0.3, -0.25) is 4.79 Å². The molecule has 2 atom stereocenters. The third-order valence-electron chi connectivity index (χ3n) is 5.01. The molecule has 0 spiro atoms. The van der Waals surface area contributed by atoms with Crippen LogP contribution in [-0.4, -0.2) is 32.2 Å². The monoisotopic (exact) mass is 354 g/mol. The second-order valence-electron chi connectivity index (χ2n) is 6.61. The van der Waals surface area contributed by atoms with E-state index in [1.165, 1.54) is 12.8 Å². The van der Waals surface area contributed by atoms with Crippen molar-refractivity contribution in [2.75, 3.05) is 14.2 Å². The SMILES string of the molecule is COc1cccc(CNC(=O)CC2CC3CCC(C2)N3)c1OC.Cl. The maximum absolute atomic E-state index is 12.3. The molecule has 0 saturated carbocycles. The summed E-state index contributed by atoms with van der Waals surface area (Å²) in [7, 11) is 3.24. The van der Waals surface area contributed by atoms with Crippen LogP contribution < -0.4 is 20.1 Å². The zero-order chi connectivity index (χ0) is 16.2. The first kappa shape index (κ1) is 18.9. The number of hydrogen-bond acceptors (Lipinski definition) is 4. The van der Waals surface area contributed by atoms with Crippen molar-refractivity contribution in [2.45, 2.75) is 50.7 Å². The number of rotatable bonds is 6. The predicted molar refractivity (Wildman–Crippen MR) is 95.9 cm³/mol. The summed E-state index contributed by atoms with van der Waals surface area (Å²) < 4.78 is 10.7. The molecule has 3 rings (SSSR count). The van der Waals surface area contributed by atoms with Crippen LogP contribution in [0.4, 0.5) is 0 Å². The topological polar surface area (TPSA) is 59.6 Å². The normalized spacial score (nSPS) is 24.8. The Morgan fingerprint density at radius 3 is 2.54 bits per heavy atom. The fraction of sp³-hybridized carbons (Fsp3) is 0.611. The van der Waals surface area contributed by atoms with E-state index >= 15 is 0 Å². The van der Waals surface area contributed by atoms with Gasteiger partial charge in [-0.25, -0.2) is 0 Å². The molecule has 1 aromatic rings. The number of halogens is 1. The number of ether oxygens (including phenoxy) is 2. The average molecular weight is 355 g/mol. The van der Waals surface area contributed by atoms with Crippen molar-refractivity contribution < 1.29 is 14.3 Å².